The number of piperidine rings is 1. The monoisotopic (exact) mass is 505 g/mol. The number of amides is 1. The van der Waals surface area contributed by atoms with Gasteiger partial charge in [0.05, 0.1) is 10.5 Å². The van der Waals surface area contributed by atoms with Crippen LogP contribution in [0.4, 0.5) is 18.9 Å². The Morgan fingerprint density at radius 3 is 2.36 bits per heavy atom. The number of halogens is 4. The summed E-state index contributed by atoms with van der Waals surface area (Å²) < 4.78 is 69.4. The van der Waals surface area contributed by atoms with Gasteiger partial charge in [-0.3, -0.25) is 4.79 Å². The molecule has 0 aromatic heterocycles. The molecule has 1 heterocycles. The van der Waals surface area contributed by atoms with Gasteiger partial charge >= 0.3 is 6.18 Å². The number of nitrogens with one attached hydrogen (secondary N) is 3. The Bertz CT molecular complexity index is 1090. The lowest BCUT2D eigenvalue weighted by atomic mass is 9.92. The topological polar surface area (TPSA) is 87.3 Å². The van der Waals surface area contributed by atoms with Gasteiger partial charge in [-0.2, -0.15) is 13.2 Å². The molecule has 0 spiro atoms. The molecule has 1 aliphatic heterocycles. The number of benzene rings is 2. The molecule has 1 atom stereocenters. The third kappa shape index (κ3) is 6.69. The van der Waals surface area contributed by atoms with Crippen LogP contribution in [0.5, 0.6) is 0 Å². The number of sulfonamides is 1. The van der Waals surface area contributed by atoms with Gasteiger partial charge < -0.3 is 10.6 Å². The second-order valence-electron chi connectivity index (χ2n) is 7.98. The molecule has 0 saturated carbocycles. The SMILES string of the molecule is Cc1ccccc1C(=O)Nc1ccc(S(=O)(=O)NC(C)C2CCNCC2)c(C(F)(F)F)c1.Cl. The number of hydrogen-bond donors (Lipinski definition) is 3. The average Bonchev–Trinajstić information content (AvgIpc) is 2.73. The molecule has 0 aliphatic carbocycles. The summed E-state index contributed by atoms with van der Waals surface area (Å²) in [6, 6.07) is 8.84. The van der Waals surface area contributed by atoms with Crippen LogP contribution in [0.15, 0.2) is 47.4 Å². The van der Waals surface area contributed by atoms with Gasteiger partial charge in [-0.25, -0.2) is 13.1 Å². The normalized spacial score (nSPS) is 16.0. The maximum atomic E-state index is 13.8. The number of hydrogen-bond acceptors (Lipinski definition) is 4. The molecular formula is C22H27ClF3N3O3S. The first-order valence-electron chi connectivity index (χ1n) is 10.3. The Hall–Kier alpha value is -2.14. The number of aryl methyl sites for hydroxylation is 1. The zero-order valence-electron chi connectivity index (χ0n) is 18.2. The van der Waals surface area contributed by atoms with E-state index < -0.39 is 38.6 Å². The summed E-state index contributed by atoms with van der Waals surface area (Å²) in [7, 11) is -4.43. The van der Waals surface area contributed by atoms with Crippen molar-refractivity contribution in [2.75, 3.05) is 18.4 Å². The summed E-state index contributed by atoms with van der Waals surface area (Å²) in [5.74, 6) is -0.544. The van der Waals surface area contributed by atoms with E-state index in [1.807, 2.05) is 0 Å². The molecular weight excluding hydrogens is 479 g/mol. The number of carbonyl (C=O) groups excluding carboxylic acids is 1. The van der Waals surface area contributed by atoms with Crippen LogP contribution in [-0.4, -0.2) is 33.5 Å². The fourth-order valence-electron chi connectivity index (χ4n) is 3.84. The van der Waals surface area contributed by atoms with Crippen LogP contribution in [-0.2, 0) is 16.2 Å². The van der Waals surface area contributed by atoms with Crippen molar-refractivity contribution in [3.63, 3.8) is 0 Å². The van der Waals surface area contributed by atoms with E-state index in [4.69, 9.17) is 0 Å². The molecule has 1 aliphatic rings. The van der Waals surface area contributed by atoms with Gasteiger partial charge in [0.2, 0.25) is 10.0 Å². The predicted octanol–water partition coefficient (Wildman–Crippen LogP) is 4.35. The minimum absolute atomic E-state index is 0. The van der Waals surface area contributed by atoms with Gasteiger partial charge in [-0.15, -0.1) is 12.4 Å². The summed E-state index contributed by atoms with van der Waals surface area (Å²) >= 11 is 0. The Morgan fingerprint density at radius 2 is 1.76 bits per heavy atom. The highest BCUT2D eigenvalue weighted by molar-refractivity contribution is 7.89. The van der Waals surface area contributed by atoms with Gasteiger partial charge in [-0.1, -0.05) is 18.2 Å². The average molecular weight is 506 g/mol. The van der Waals surface area contributed by atoms with E-state index in [0.717, 1.165) is 38.1 Å². The highest BCUT2D eigenvalue weighted by atomic mass is 35.5. The fraction of sp³-hybridized carbons (Fsp3) is 0.409. The van der Waals surface area contributed by atoms with Crippen LogP contribution in [0.2, 0.25) is 0 Å². The molecule has 0 bridgehead atoms. The van der Waals surface area contributed by atoms with Crippen LogP contribution in [0.3, 0.4) is 0 Å². The lowest BCUT2D eigenvalue weighted by Crippen LogP contribution is -2.42. The van der Waals surface area contributed by atoms with Gasteiger partial charge in [0.1, 0.15) is 0 Å². The Kier molecular flexibility index (Phi) is 8.92. The molecule has 3 rings (SSSR count). The smallest absolute Gasteiger partial charge is 0.322 e. The molecule has 2 aromatic rings. The first-order chi connectivity index (χ1) is 15.0. The molecule has 11 heteroatoms. The summed E-state index contributed by atoms with van der Waals surface area (Å²) in [4.78, 5) is 11.6. The maximum absolute atomic E-state index is 13.8. The molecule has 3 N–H and O–H groups in total. The zero-order chi connectivity index (χ0) is 23.5. The van der Waals surface area contributed by atoms with Crippen molar-refractivity contribution in [3.8, 4) is 0 Å². The molecule has 1 saturated heterocycles. The molecule has 2 aromatic carbocycles. The van der Waals surface area contributed by atoms with E-state index in [9.17, 15) is 26.4 Å². The van der Waals surface area contributed by atoms with Gasteiger partial charge in [0.15, 0.2) is 0 Å². The van der Waals surface area contributed by atoms with Crippen LogP contribution >= 0.6 is 12.4 Å². The van der Waals surface area contributed by atoms with Crippen LogP contribution < -0.4 is 15.4 Å². The molecule has 1 amide bonds. The van der Waals surface area contributed by atoms with Crippen molar-refractivity contribution in [2.24, 2.45) is 5.92 Å². The second-order valence-corrected chi connectivity index (χ2v) is 9.66. The zero-order valence-corrected chi connectivity index (χ0v) is 19.8. The lowest BCUT2D eigenvalue weighted by molar-refractivity contribution is -0.139. The highest BCUT2D eigenvalue weighted by Gasteiger charge is 2.38. The molecule has 182 valence electrons. The maximum Gasteiger partial charge on any atom is 0.417 e. The van der Waals surface area contributed by atoms with Crippen molar-refractivity contribution in [1.29, 1.82) is 0 Å². The number of alkyl halides is 3. The van der Waals surface area contributed by atoms with E-state index >= 15 is 0 Å². The predicted molar refractivity (Wildman–Crippen MR) is 123 cm³/mol. The summed E-state index contributed by atoms with van der Waals surface area (Å²) in [5.41, 5.74) is -0.493. The summed E-state index contributed by atoms with van der Waals surface area (Å²) in [5, 5.41) is 5.59. The molecule has 0 radical (unpaired) electrons. The Balaban J connectivity index is 0.00000385. The molecule has 33 heavy (non-hydrogen) atoms. The quantitative estimate of drug-likeness (QED) is 0.544. The standard InChI is InChI=1S/C22H26F3N3O3S.ClH/c1-14-5-3-4-6-18(14)21(29)27-17-7-8-20(19(13-17)22(23,24)25)32(30,31)28-15(2)16-9-11-26-12-10-16;/h3-8,13,15-16,26,28H,9-12H2,1-2H3,(H,27,29);1H. The minimum atomic E-state index is -4.93. The second kappa shape index (κ2) is 10.9. The Morgan fingerprint density at radius 1 is 1.12 bits per heavy atom. The third-order valence-corrected chi connectivity index (χ3v) is 7.27. The van der Waals surface area contributed by atoms with E-state index in [0.29, 0.717) is 17.2 Å². The number of rotatable bonds is 6. The van der Waals surface area contributed by atoms with Crippen LogP contribution in [0.1, 0.15) is 41.3 Å². The summed E-state index contributed by atoms with van der Waals surface area (Å²) in [6.45, 7) is 4.85. The highest BCUT2D eigenvalue weighted by Crippen LogP contribution is 2.36. The lowest BCUT2D eigenvalue weighted by Gasteiger charge is -2.29. The third-order valence-electron chi connectivity index (χ3n) is 5.65. The number of carbonyl (C=O) groups is 1. The Labute approximate surface area is 197 Å². The van der Waals surface area contributed by atoms with E-state index in [-0.39, 0.29) is 24.0 Å². The first kappa shape index (κ1) is 27.1. The van der Waals surface area contributed by atoms with Crippen molar-refractivity contribution >= 4 is 34.0 Å². The van der Waals surface area contributed by atoms with Gasteiger partial charge in [0, 0.05) is 17.3 Å². The van der Waals surface area contributed by atoms with Crippen molar-refractivity contribution in [1.82, 2.24) is 10.0 Å². The van der Waals surface area contributed by atoms with Crippen molar-refractivity contribution in [2.45, 2.75) is 43.8 Å². The van der Waals surface area contributed by atoms with E-state index in [2.05, 4.69) is 15.4 Å². The van der Waals surface area contributed by atoms with Gasteiger partial charge in [0.25, 0.3) is 5.91 Å². The van der Waals surface area contributed by atoms with E-state index in [1.54, 1.807) is 38.1 Å². The van der Waals surface area contributed by atoms with Crippen LogP contribution in [0, 0.1) is 12.8 Å². The van der Waals surface area contributed by atoms with Gasteiger partial charge in [-0.05, 0) is 75.5 Å². The van der Waals surface area contributed by atoms with Crippen LogP contribution in [0.25, 0.3) is 0 Å². The van der Waals surface area contributed by atoms with Crippen molar-refractivity contribution in [3.05, 3.63) is 59.2 Å². The largest absolute Gasteiger partial charge is 0.417 e. The van der Waals surface area contributed by atoms with E-state index in [1.165, 1.54) is 0 Å². The minimum Gasteiger partial charge on any atom is -0.322 e. The number of anilines is 1. The first-order valence-corrected chi connectivity index (χ1v) is 11.8. The molecule has 1 fully saturated rings. The molecule has 1 unspecified atom stereocenters. The fourth-order valence-corrected chi connectivity index (χ4v) is 5.36. The molecule has 6 nitrogen and oxygen atoms in total. The summed E-state index contributed by atoms with van der Waals surface area (Å²) in [6.07, 6.45) is -3.45. The van der Waals surface area contributed by atoms with Crippen molar-refractivity contribution < 1.29 is 26.4 Å².